The molecule has 0 saturated carbocycles. The van der Waals surface area contributed by atoms with Gasteiger partial charge < -0.3 is 15.1 Å². The van der Waals surface area contributed by atoms with E-state index in [4.69, 9.17) is 10.2 Å². The van der Waals surface area contributed by atoms with E-state index < -0.39 is 11.7 Å². The fourth-order valence-electron chi connectivity index (χ4n) is 3.05. The topological polar surface area (TPSA) is 98.9 Å². The number of rotatable bonds is 2. The highest BCUT2D eigenvalue weighted by molar-refractivity contribution is 5.84. The second-order valence-electron chi connectivity index (χ2n) is 6.01. The van der Waals surface area contributed by atoms with Crippen molar-refractivity contribution in [1.82, 2.24) is 25.0 Å². The average Bonchev–Trinajstić information content (AvgIpc) is 3.01. The van der Waals surface area contributed by atoms with Gasteiger partial charge in [0.05, 0.1) is 22.6 Å². The van der Waals surface area contributed by atoms with E-state index in [0.717, 1.165) is 6.07 Å². The SMILES string of the molecule is Cc1nn(C)c2nc(N3CC(c4nnc(N)o4)C3)cc(C(F)(F)F)c12. The lowest BCUT2D eigenvalue weighted by Gasteiger charge is -2.38. The zero-order valence-corrected chi connectivity index (χ0v) is 13.4. The maximum Gasteiger partial charge on any atom is 0.417 e. The molecule has 8 nitrogen and oxygen atoms in total. The molecule has 1 aliphatic rings. The number of hydrogen-bond acceptors (Lipinski definition) is 7. The first-order valence-electron chi connectivity index (χ1n) is 7.49. The maximum atomic E-state index is 13.5. The third kappa shape index (κ3) is 2.46. The van der Waals surface area contributed by atoms with Gasteiger partial charge in [-0.05, 0) is 13.0 Å². The van der Waals surface area contributed by atoms with Crippen molar-refractivity contribution in [2.24, 2.45) is 7.05 Å². The fraction of sp³-hybridized carbons (Fsp3) is 0.429. The van der Waals surface area contributed by atoms with Crippen LogP contribution in [0.4, 0.5) is 25.0 Å². The van der Waals surface area contributed by atoms with Crippen LogP contribution >= 0.6 is 0 Å². The third-order valence-corrected chi connectivity index (χ3v) is 4.27. The van der Waals surface area contributed by atoms with Crippen LogP contribution in [0.2, 0.25) is 0 Å². The number of fused-ring (bicyclic) bond motifs is 1. The first kappa shape index (κ1) is 15.7. The van der Waals surface area contributed by atoms with Gasteiger partial charge in [0.25, 0.3) is 0 Å². The lowest BCUT2D eigenvalue weighted by Crippen LogP contribution is -2.45. The summed E-state index contributed by atoms with van der Waals surface area (Å²) in [6.45, 7) is 2.39. The van der Waals surface area contributed by atoms with Gasteiger partial charge in [-0.15, -0.1) is 5.10 Å². The normalized spacial score (nSPS) is 15.8. The number of alkyl halides is 3. The molecule has 132 valence electrons. The molecular weight excluding hydrogens is 339 g/mol. The molecule has 0 aromatic carbocycles. The second-order valence-corrected chi connectivity index (χ2v) is 6.01. The Labute approximate surface area is 139 Å². The van der Waals surface area contributed by atoms with Crippen LogP contribution in [0.3, 0.4) is 0 Å². The van der Waals surface area contributed by atoms with Crippen LogP contribution in [-0.2, 0) is 13.2 Å². The second kappa shape index (κ2) is 5.07. The van der Waals surface area contributed by atoms with Crippen LogP contribution in [0.5, 0.6) is 0 Å². The largest absolute Gasteiger partial charge is 0.417 e. The van der Waals surface area contributed by atoms with Crippen LogP contribution in [0.25, 0.3) is 11.0 Å². The number of anilines is 2. The van der Waals surface area contributed by atoms with Gasteiger partial charge in [0.2, 0.25) is 5.89 Å². The minimum Gasteiger partial charge on any atom is -0.408 e. The molecule has 1 fully saturated rings. The van der Waals surface area contributed by atoms with Crippen LogP contribution in [0.1, 0.15) is 23.1 Å². The summed E-state index contributed by atoms with van der Waals surface area (Å²) in [4.78, 5) is 6.08. The number of nitrogens with two attached hydrogens (primary N) is 1. The molecule has 0 bridgehead atoms. The summed E-state index contributed by atoms with van der Waals surface area (Å²) >= 11 is 0. The molecule has 25 heavy (non-hydrogen) atoms. The highest BCUT2D eigenvalue weighted by atomic mass is 19.4. The lowest BCUT2D eigenvalue weighted by molar-refractivity contribution is -0.136. The van der Waals surface area contributed by atoms with Gasteiger partial charge >= 0.3 is 12.2 Å². The quantitative estimate of drug-likeness (QED) is 0.751. The zero-order valence-electron chi connectivity index (χ0n) is 13.4. The van der Waals surface area contributed by atoms with Gasteiger partial charge in [-0.2, -0.15) is 18.3 Å². The Hall–Kier alpha value is -2.85. The third-order valence-electron chi connectivity index (χ3n) is 4.27. The predicted octanol–water partition coefficient (Wildman–Crippen LogP) is 1.86. The Morgan fingerprint density at radius 1 is 1.28 bits per heavy atom. The van der Waals surface area contributed by atoms with Crippen LogP contribution < -0.4 is 10.6 Å². The standard InChI is InChI=1S/C14H14F3N7O/c1-6-10-8(14(15,16)17)3-9(19-11(10)23(2)22-6)24-4-7(5-24)12-20-21-13(18)25-12/h3,7H,4-5H2,1-2H3,(H2,18,21). The van der Waals surface area contributed by atoms with Crippen molar-refractivity contribution in [3.8, 4) is 0 Å². The smallest absolute Gasteiger partial charge is 0.408 e. The number of hydrogen-bond donors (Lipinski definition) is 1. The van der Waals surface area contributed by atoms with Crippen molar-refractivity contribution < 1.29 is 17.6 Å². The van der Waals surface area contributed by atoms with Crippen molar-refractivity contribution in [2.75, 3.05) is 23.7 Å². The maximum absolute atomic E-state index is 13.5. The molecule has 3 aromatic rings. The van der Waals surface area contributed by atoms with Crippen molar-refractivity contribution in [2.45, 2.75) is 19.0 Å². The molecule has 0 radical (unpaired) electrons. The van der Waals surface area contributed by atoms with Gasteiger partial charge in [0.15, 0.2) is 5.65 Å². The van der Waals surface area contributed by atoms with E-state index in [0.29, 0.717) is 24.7 Å². The Morgan fingerprint density at radius 3 is 2.60 bits per heavy atom. The number of nitrogens with zero attached hydrogens (tertiary/aromatic N) is 6. The summed E-state index contributed by atoms with van der Waals surface area (Å²) < 4.78 is 47.0. The summed E-state index contributed by atoms with van der Waals surface area (Å²) in [5.74, 6) is 0.540. The predicted molar refractivity (Wildman–Crippen MR) is 81.9 cm³/mol. The first-order valence-corrected chi connectivity index (χ1v) is 7.49. The Morgan fingerprint density at radius 2 is 2.00 bits per heavy atom. The zero-order chi connectivity index (χ0) is 17.9. The molecule has 0 unspecified atom stereocenters. The molecule has 4 heterocycles. The molecule has 11 heteroatoms. The van der Waals surface area contributed by atoms with E-state index in [1.54, 1.807) is 18.9 Å². The summed E-state index contributed by atoms with van der Waals surface area (Å²) in [6, 6.07) is 1.03. The number of halogens is 3. The number of aryl methyl sites for hydroxylation is 2. The molecule has 4 rings (SSSR count). The van der Waals surface area contributed by atoms with E-state index in [1.165, 1.54) is 4.68 Å². The lowest BCUT2D eigenvalue weighted by atomic mass is 9.99. The van der Waals surface area contributed by atoms with E-state index in [1.807, 2.05) is 0 Å². The van der Waals surface area contributed by atoms with E-state index in [-0.39, 0.29) is 28.8 Å². The summed E-state index contributed by atoms with van der Waals surface area (Å²) in [5, 5.41) is 11.5. The monoisotopic (exact) mass is 353 g/mol. The molecule has 0 aliphatic carbocycles. The molecule has 2 N–H and O–H groups in total. The molecule has 0 spiro atoms. The Balaban J connectivity index is 1.70. The Kier molecular flexibility index (Phi) is 3.18. The minimum atomic E-state index is -4.49. The van der Waals surface area contributed by atoms with Crippen molar-refractivity contribution in [3.63, 3.8) is 0 Å². The minimum absolute atomic E-state index is 0.0282. The van der Waals surface area contributed by atoms with Gasteiger partial charge in [-0.3, -0.25) is 4.68 Å². The van der Waals surface area contributed by atoms with Gasteiger partial charge in [0, 0.05) is 20.1 Å². The van der Waals surface area contributed by atoms with Gasteiger partial charge in [-0.25, -0.2) is 4.98 Å². The molecule has 1 aliphatic heterocycles. The van der Waals surface area contributed by atoms with Crippen LogP contribution in [0, 0.1) is 6.92 Å². The van der Waals surface area contributed by atoms with Crippen molar-refractivity contribution in [3.05, 3.63) is 23.2 Å². The fourth-order valence-corrected chi connectivity index (χ4v) is 3.05. The molecule has 0 atom stereocenters. The molecule has 1 saturated heterocycles. The van der Waals surface area contributed by atoms with Crippen molar-refractivity contribution >= 4 is 22.9 Å². The summed E-state index contributed by atoms with van der Waals surface area (Å²) in [7, 11) is 1.58. The summed E-state index contributed by atoms with van der Waals surface area (Å²) in [6.07, 6.45) is -4.49. The highest BCUT2D eigenvalue weighted by Crippen LogP contribution is 2.39. The van der Waals surface area contributed by atoms with E-state index in [9.17, 15) is 13.2 Å². The van der Waals surface area contributed by atoms with Crippen LogP contribution in [-0.4, -0.2) is 38.1 Å². The van der Waals surface area contributed by atoms with E-state index >= 15 is 0 Å². The molecule has 3 aromatic heterocycles. The first-order chi connectivity index (χ1) is 11.7. The highest BCUT2D eigenvalue weighted by Gasteiger charge is 2.38. The number of aromatic nitrogens is 5. The number of pyridine rings is 1. The van der Waals surface area contributed by atoms with E-state index in [2.05, 4.69) is 20.3 Å². The van der Waals surface area contributed by atoms with Gasteiger partial charge in [-0.1, -0.05) is 5.10 Å². The molecular formula is C14H14F3N7O. The molecule has 0 amide bonds. The Bertz CT molecular complexity index is 955. The van der Waals surface area contributed by atoms with Crippen LogP contribution in [0.15, 0.2) is 10.5 Å². The van der Waals surface area contributed by atoms with Gasteiger partial charge in [0.1, 0.15) is 5.82 Å². The van der Waals surface area contributed by atoms with Crippen molar-refractivity contribution in [1.29, 1.82) is 0 Å². The number of nitrogen functional groups attached to an aromatic ring is 1. The average molecular weight is 353 g/mol. The summed E-state index contributed by atoms with van der Waals surface area (Å²) in [5.41, 5.74) is 5.16.